The summed E-state index contributed by atoms with van der Waals surface area (Å²) in [4.78, 5) is 0. The molecule has 0 aliphatic heterocycles. The molecule has 2 heterocycles. The monoisotopic (exact) mass is 289 g/mol. The van der Waals surface area contributed by atoms with Gasteiger partial charge in [-0.05, 0) is 25.5 Å². The molecule has 2 aromatic rings. The Hall–Kier alpha value is -0.580. The minimum Gasteiger partial charge on any atom is -1.00 e. The lowest BCUT2D eigenvalue weighted by Gasteiger charge is -1.94. The molecule has 0 saturated carbocycles. The molecule has 0 aromatic carbocycles. The van der Waals surface area contributed by atoms with Crippen molar-refractivity contribution in [2.24, 2.45) is 0 Å². The van der Waals surface area contributed by atoms with Crippen molar-refractivity contribution < 1.29 is 33.0 Å². The third kappa shape index (κ3) is 1.70. The molecule has 0 amide bonds. The average Bonchev–Trinajstić information content (AvgIpc) is 2.54. The van der Waals surface area contributed by atoms with Crippen molar-refractivity contribution in [1.29, 1.82) is 0 Å². The van der Waals surface area contributed by atoms with Crippen LogP contribution in [0.2, 0.25) is 0 Å². The molecule has 2 nitrogen and oxygen atoms in total. The number of pyridine rings is 1. The summed E-state index contributed by atoms with van der Waals surface area (Å²) in [6.07, 6.45) is 3.80. The van der Waals surface area contributed by atoms with Crippen molar-refractivity contribution in [3.8, 4) is 0 Å². The maximum atomic E-state index is 5.38. The summed E-state index contributed by atoms with van der Waals surface area (Å²) in [5.41, 5.74) is 2.24. The van der Waals surface area contributed by atoms with Crippen molar-refractivity contribution >= 4 is 11.1 Å². The molecule has 0 unspecified atom stereocenters. The van der Waals surface area contributed by atoms with E-state index >= 15 is 0 Å². The Morgan fingerprint density at radius 1 is 1.38 bits per heavy atom. The predicted octanol–water partition coefficient (Wildman–Crippen LogP) is -0.947. The van der Waals surface area contributed by atoms with Crippen molar-refractivity contribution in [2.75, 3.05) is 0 Å². The van der Waals surface area contributed by atoms with E-state index < -0.39 is 0 Å². The van der Waals surface area contributed by atoms with Gasteiger partial charge in [-0.25, -0.2) is 0 Å². The van der Waals surface area contributed by atoms with E-state index in [1.54, 1.807) is 6.26 Å². The van der Waals surface area contributed by atoms with E-state index in [4.69, 9.17) is 4.42 Å². The SMILES string of the molecule is CC[n+]1ccc(C)c2ccoc21.[I-]. The lowest BCUT2D eigenvalue weighted by Crippen LogP contribution is -3.00. The quantitative estimate of drug-likeness (QED) is 0.489. The zero-order valence-electron chi connectivity index (χ0n) is 7.75. The molecule has 0 aliphatic carbocycles. The highest BCUT2D eigenvalue weighted by atomic mass is 127. The van der Waals surface area contributed by atoms with Crippen LogP contribution in [0.1, 0.15) is 12.5 Å². The minimum absolute atomic E-state index is 0. The summed E-state index contributed by atoms with van der Waals surface area (Å²) in [6, 6.07) is 4.12. The number of nitrogens with zero attached hydrogens (tertiary/aromatic N) is 1. The fourth-order valence-electron chi connectivity index (χ4n) is 1.43. The van der Waals surface area contributed by atoms with Crippen LogP contribution in [-0.2, 0) is 6.54 Å². The van der Waals surface area contributed by atoms with Crippen LogP contribution in [0.5, 0.6) is 0 Å². The highest BCUT2D eigenvalue weighted by Gasteiger charge is 2.11. The fourth-order valence-corrected chi connectivity index (χ4v) is 1.43. The number of hydrogen-bond acceptors (Lipinski definition) is 1. The van der Waals surface area contributed by atoms with E-state index in [1.165, 1.54) is 10.9 Å². The molecule has 0 saturated heterocycles. The van der Waals surface area contributed by atoms with Gasteiger partial charge in [-0.3, -0.25) is 0 Å². The summed E-state index contributed by atoms with van der Waals surface area (Å²) >= 11 is 0. The van der Waals surface area contributed by atoms with Gasteiger partial charge in [0.05, 0.1) is 11.6 Å². The predicted molar refractivity (Wildman–Crippen MR) is 46.8 cm³/mol. The number of rotatable bonds is 1. The fraction of sp³-hybridized carbons (Fsp3) is 0.300. The van der Waals surface area contributed by atoms with E-state index in [2.05, 4.69) is 30.7 Å². The van der Waals surface area contributed by atoms with Crippen LogP contribution in [0.3, 0.4) is 0 Å². The number of halogens is 1. The van der Waals surface area contributed by atoms with Gasteiger partial charge in [-0.2, -0.15) is 4.57 Å². The molecule has 13 heavy (non-hydrogen) atoms. The first-order chi connectivity index (χ1) is 5.83. The number of aromatic nitrogens is 1. The summed E-state index contributed by atoms with van der Waals surface area (Å²) in [7, 11) is 0. The first-order valence-electron chi connectivity index (χ1n) is 4.19. The van der Waals surface area contributed by atoms with Gasteiger partial charge in [0.25, 0.3) is 0 Å². The third-order valence-electron chi connectivity index (χ3n) is 2.18. The average molecular weight is 289 g/mol. The second-order valence-electron chi connectivity index (χ2n) is 2.92. The lowest BCUT2D eigenvalue weighted by molar-refractivity contribution is -0.674. The second-order valence-corrected chi connectivity index (χ2v) is 2.92. The van der Waals surface area contributed by atoms with Crippen molar-refractivity contribution in [3.05, 3.63) is 30.2 Å². The van der Waals surface area contributed by atoms with E-state index in [0.29, 0.717) is 0 Å². The van der Waals surface area contributed by atoms with Gasteiger partial charge < -0.3 is 28.4 Å². The Balaban J connectivity index is 0.000000845. The molecule has 0 N–H and O–H groups in total. The first kappa shape index (κ1) is 10.5. The molecule has 0 atom stereocenters. The van der Waals surface area contributed by atoms with Crippen molar-refractivity contribution in [1.82, 2.24) is 0 Å². The van der Waals surface area contributed by atoms with E-state index in [-0.39, 0.29) is 24.0 Å². The number of aryl methyl sites for hydroxylation is 2. The van der Waals surface area contributed by atoms with Gasteiger partial charge in [0.2, 0.25) is 0 Å². The summed E-state index contributed by atoms with van der Waals surface area (Å²) in [6.45, 7) is 5.15. The standard InChI is InChI=1S/C10H12NO.HI/c1-3-11-6-4-8(2)9-5-7-12-10(9)11;/h4-7H,3H2,1-2H3;1H/q+1;/p-1. The lowest BCUT2D eigenvalue weighted by atomic mass is 10.2. The van der Waals surface area contributed by atoms with Gasteiger partial charge in [-0.15, -0.1) is 0 Å². The minimum atomic E-state index is 0. The maximum absolute atomic E-state index is 5.38. The van der Waals surface area contributed by atoms with Crippen LogP contribution in [0, 0.1) is 6.92 Å². The summed E-state index contributed by atoms with van der Waals surface area (Å²) < 4.78 is 7.48. The summed E-state index contributed by atoms with van der Waals surface area (Å²) in [5.74, 6) is 0. The van der Waals surface area contributed by atoms with Crippen LogP contribution >= 0.6 is 0 Å². The molecular weight excluding hydrogens is 277 g/mol. The molecular formula is C10H12INO. The Kier molecular flexibility index (Phi) is 3.30. The van der Waals surface area contributed by atoms with Crippen LogP contribution in [0.15, 0.2) is 29.0 Å². The van der Waals surface area contributed by atoms with Crippen LogP contribution in [0.25, 0.3) is 11.1 Å². The van der Waals surface area contributed by atoms with Gasteiger partial charge in [0.1, 0.15) is 6.54 Å². The zero-order valence-corrected chi connectivity index (χ0v) is 9.91. The molecule has 0 bridgehead atoms. The van der Waals surface area contributed by atoms with Crippen LogP contribution < -0.4 is 28.5 Å². The smallest absolute Gasteiger partial charge is 0.380 e. The molecule has 0 aliphatic rings. The van der Waals surface area contributed by atoms with E-state index in [1.807, 2.05) is 6.07 Å². The topological polar surface area (TPSA) is 17.0 Å². The molecule has 2 aromatic heterocycles. The molecule has 2 rings (SSSR count). The third-order valence-corrected chi connectivity index (χ3v) is 2.18. The highest BCUT2D eigenvalue weighted by Crippen LogP contribution is 2.14. The number of hydrogen-bond donors (Lipinski definition) is 0. The molecule has 0 spiro atoms. The van der Waals surface area contributed by atoms with Gasteiger partial charge >= 0.3 is 5.71 Å². The Morgan fingerprint density at radius 2 is 2.15 bits per heavy atom. The number of furan rings is 1. The number of fused-ring (bicyclic) bond motifs is 1. The normalized spacial score (nSPS) is 10.0. The first-order valence-corrected chi connectivity index (χ1v) is 4.19. The van der Waals surface area contributed by atoms with Crippen molar-refractivity contribution in [2.45, 2.75) is 20.4 Å². The van der Waals surface area contributed by atoms with E-state index in [0.717, 1.165) is 12.3 Å². The second kappa shape index (κ2) is 4.09. The Morgan fingerprint density at radius 3 is 2.85 bits per heavy atom. The summed E-state index contributed by atoms with van der Waals surface area (Å²) in [5, 5.41) is 1.21. The highest BCUT2D eigenvalue weighted by molar-refractivity contribution is 5.74. The van der Waals surface area contributed by atoms with E-state index in [9.17, 15) is 0 Å². The van der Waals surface area contributed by atoms with Crippen LogP contribution in [0.4, 0.5) is 0 Å². The largest absolute Gasteiger partial charge is 1.00 e. The van der Waals surface area contributed by atoms with Gasteiger partial charge in [-0.1, -0.05) is 0 Å². The zero-order chi connectivity index (χ0) is 8.55. The molecule has 0 radical (unpaired) electrons. The molecule has 3 heteroatoms. The molecule has 0 fully saturated rings. The van der Waals surface area contributed by atoms with Gasteiger partial charge in [0, 0.05) is 6.07 Å². The Labute approximate surface area is 94.6 Å². The van der Waals surface area contributed by atoms with Crippen molar-refractivity contribution in [3.63, 3.8) is 0 Å². The van der Waals surface area contributed by atoms with Crippen LogP contribution in [-0.4, -0.2) is 0 Å². The maximum Gasteiger partial charge on any atom is 0.380 e. The Bertz CT molecular complexity index is 408. The van der Waals surface area contributed by atoms with Gasteiger partial charge in [0.15, 0.2) is 6.20 Å². The molecule has 70 valence electrons.